The van der Waals surface area contributed by atoms with E-state index in [-0.39, 0.29) is 5.91 Å². The molecule has 110 valence electrons. The molecule has 5 nitrogen and oxygen atoms in total. The number of amides is 1. The van der Waals surface area contributed by atoms with Crippen LogP contribution in [-0.4, -0.2) is 37.6 Å². The molecule has 0 saturated carbocycles. The standard InChI is InChI=1S/C15H23N3O2/c1-20-12-5-6-14(13(16)11-12)17-8-7-15(19)18-9-3-2-4-10-18/h5-6,11,17H,2-4,7-10,16H2,1H3. The Morgan fingerprint density at radius 2 is 2.10 bits per heavy atom. The average Bonchev–Trinajstić information content (AvgIpc) is 2.49. The summed E-state index contributed by atoms with van der Waals surface area (Å²) < 4.78 is 5.10. The zero-order valence-electron chi connectivity index (χ0n) is 12.0. The number of ether oxygens (including phenoxy) is 1. The predicted molar refractivity (Wildman–Crippen MR) is 80.9 cm³/mol. The van der Waals surface area contributed by atoms with Crippen molar-refractivity contribution in [3.05, 3.63) is 18.2 Å². The summed E-state index contributed by atoms with van der Waals surface area (Å²) >= 11 is 0. The predicted octanol–water partition coefficient (Wildman–Crippen LogP) is 2.09. The summed E-state index contributed by atoms with van der Waals surface area (Å²) in [7, 11) is 1.61. The van der Waals surface area contributed by atoms with Gasteiger partial charge in [0, 0.05) is 32.1 Å². The number of benzene rings is 1. The van der Waals surface area contributed by atoms with Gasteiger partial charge >= 0.3 is 0 Å². The van der Waals surface area contributed by atoms with E-state index in [0.717, 1.165) is 37.4 Å². The molecule has 2 rings (SSSR count). The van der Waals surface area contributed by atoms with Crippen LogP contribution < -0.4 is 15.8 Å². The number of nitrogens with zero attached hydrogens (tertiary/aromatic N) is 1. The fourth-order valence-corrected chi connectivity index (χ4v) is 2.43. The molecule has 0 aromatic heterocycles. The van der Waals surface area contributed by atoms with E-state index in [0.29, 0.717) is 18.7 Å². The normalized spacial score (nSPS) is 14.9. The second kappa shape index (κ2) is 7.03. The van der Waals surface area contributed by atoms with Crippen molar-refractivity contribution in [3.8, 4) is 5.75 Å². The van der Waals surface area contributed by atoms with E-state index < -0.39 is 0 Å². The van der Waals surface area contributed by atoms with Crippen molar-refractivity contribution in [2.24, 2.45) is 0 Å². The third-order valence-electron chi connectivity index (χ3n) is 3.62. The summed E-state index contributed by atoms with van der Waals surface area (Å²) in [6.07, 6.45) is 4.01. The minimum absolute atomic E-state index is 0.226. The number of hydrogen-bond donors (Lipinski definition) is 2. The minimum atomic E-state index is 0.226. The molecule has 1 aromatic rings. The Hall–Kier alpha value is -1.91. The van der Waals surface area contributed by atoms with E-state index in [2.05, 4.69) is 5.32 Å². The van der Waals surface area contributed by atoms with Crippen LogP contribution in [0.3, 0.4) is 0 Å². The van der Waals surface area contributed by atoms with Gasteiger partial charge in [0.1, 0.15) is 5.75 Å². The molecule has 5 heteroatoms. The van der Waals surface area contributed by atoms with Gasteiger partial charge in [0.25, 0.3) is 0 Å². The van der Waals surface area contributed by atoms with Gasteiger partial charge in [0.05, 0.1) is 18.5 Å². The van der Waals surface area contributed by atoms with Crippen LogP contribution in [0.2, 0.25) is 0 Å². The quantitative estimate of drug-likeness (QED) is 0.809. The Bertz CT molecular complexity index is 456. The first-order valence-corrected chi connectivity index (χ1v) is 7.16. The number of nitrogen functional groups attached to an aromatic ring is 1. The lowest BCUT2D eigenvalue weighted by Gasteiger charge is -2.26. The molecule has 1 amide bonds. The summed E-state index contributed by atoms with van der Waals surface area (Å²) in [6.45, 7) is 2.42. The number of nitrogens with one attached hydrogen (secondary N) is 1. The number of nitrogens with two attached hydrogens (primary N) is 1. The van der Waals surface area contributed by atoms with Crippen LogP contribution in [0.15, 0.2) is 18.2 Å². The Kier molecular flexibility index (Phi) is 5.09. The largest absolute Gasteiger partial charge is 0.497 e. The molecule has 1 fully saturated rings. The molecule has 0 bridgehead atoms. The average molecular weight is 277 g/mol. The second-order valence-corrected chi connectivity index (χ2v) is 5.07. The first-order chi connectivity index (χ1) is 9.70. The summed E-state index contributed by atoms with van der Waals surface area (Å²) in [4.78, 5) is 14.0. The van der Waals surface area contributed by atoms with E-state index in [1.54, 1.807) is 13.2 Å². The lowest BCUT2D eigenvalue weighted by molar-refractivity contribution is -0.131. The molecular formula is C15H23N3O2. The lowest BCUT2D eigenvalue weighted by atomic mass is 10.1. The maximum atomic E-state index is 12.0. The van der Waals surface area contributed by atoms with Crippen molar-refractivity contribution in [2.75, 3.05) is 37.8 Å². The molecule has 3 N–H and O–H groups in total. The SMILES string of the molecule is COc1ccc(NCCC(=O)N2CCCCC2)c(N)c1. The van der Waals surface area contributed by atoms with E-state index >= 15 is 0 Å². The molecule has 1 saturated heterocycles. The van der Waals surface area contributed by atoms with Crippen molar-refractivity contribution in [3.63, 3.8) is 0 Å². The molecular weight excluding hydrogens is 254 g/mol. The fraction of sp³-hybridized carbons (Fsp3) is 0.533. The number of anilines is 2. The number of likely N-dealkylation sites (tertiary alicyclic amines) is 1. The number of rotatable bonds is 5. The summed E-state index contributed by atoms with van der Waals surface area (Å²) in [5.41, 5.74) is 7.40. The number of hydrogen-bond acceptors (Lipinski definition) is 4. The Labute approximate surface area is 120 Å². The van der Waals surface area contributed by atoms with Gasteiger partial charge in [-0.2, -0.15) is 0 Å². The van der Waals surface area contributed by atoms with Gasteiger partial charge in [-0.15, -0.1) is 0 Å². The van der Waals surface area contributed by atoms with Crippen LogP contribution in [0.5, 0.6) is 5.75 Å². The summed E-state index contributed by atoms with van der Waals surface area (Å²) in [5, 5.41) is 3.21. The summed E-state index contributed by atoms with van der Waals surface area (Å²) in [6, 6.07) is 5.50. The highest BCUT2D eigenvalue weighted by molar-refractivity contribution is 5.77. The molecule has 20 heavy (non-hydrogen) atoms. The highest BCUT2D eigenvalue weighted by Gasteiger charge is 2.15. The first-order valence-electron chi connectivity index (χ1n) is 7.16. The molecule has 1 aliphatic heterocycles. The van der Waals surface area contributed by atoms with Gasteiger partial charge in [0.15, 0.2) is 0 Å². The van der Waals surface area contributed by atoms with Crippen molar-refractivity contribution in [1.29, 1.82) is 0 Å². The van der Waals surface area contributed by atoms with Gasteiger partial charge in [-0.25, -0.2) is 0 Å². The van der Waals surface area contributed by atoms with Gasteiger partial charge in [0.2, 0.25) is 5.91 Å². The van der Waals surface area contributed by atoms with Gasteiger partial charge in [-0.1, -0.05) is 0 Å². The van der Waals surface area contributed by atoms with E-state index in [9.17, 15) is 4.79 Å². The minimum Gasteiger partial charge on any atom is -0.497 e. The van der Waals surface area contributed by atoms with Crippen LogP contribution in [0.4, 0.5) is 11.4 Å². The Balaban J connectivity index is 1.79. The third kappa shape index (κ3) is 3.79. The first kappa shape index (κ1) is 14.5. The molecule has 1 aliphatic rings. The van der Waals surface area contributed by atoms with Crippen LogP contribution in [0, 0.1) is 0 Å². The number of methoxy groups -OCH3 is 1. The third-order valence-corrected chi connectivity index (χ3v) is 3.62. The van der Waals surface area contributed by atoms with Crippen LogP contribution in [0.1, 0.15) is 25.7 Å². The van der Waals surface area contributed by atoms with Crippen molar-refractivity contribution in [2.45, 2.75) is 25.7 Å². The van der Waals surface area contributed by atoms with E-state index in [1.807, 2.05) is 17.0 Å². The smallest absolute Gasteiger partial charge is 0.224 e. The van der Waals surface area contributed by atoms with Gasteiger partial charge in [-0.3, -0.25) is 4.79 Å². The number of piperidine rings is 1. The van der Waals surface area contributed by atoms with Crippen molar-refractivity contribution >= 4 is 17.3 Å². The van der Waals surface area contributed by atoms with Gasteiger partial charge < -0.3 is 20.7 Å². The molecule has 0 spiro atoms. The highest BCUT2D eigenvalue weighted by atomic mass is 16.5. The zero-order chi connectivity index (χ0) is 14.4. The maximum Gasteiger partial charge on any atom is 0.224 e. The number of carbonyl (C=O) groups is 1. The molecule has 1 heterocycles. The van der Waals surface area contributed by atoms with Gasteiger partial charge in [-0.05, 0) is 31.4 Å². The van der Waals surface area contributed by atoms with Crippen LogP contribution in [-0.2, 0) is 4.79 Å². The van der Waals surface area contributed by atoms with Crippen molar-refractivity contribution < 1.29 is 9.53 Å². The second-order valence-electron chi connectivity index (χ2n) is 5.07. The van der Waals surface area contributed by atoms with E-state index in [1.165, 1.54) is 6.42 Å². The highest BCUT2D eigenvalue weighted by Crippen LogP contribution is 2.23. The van der Waals surface area contributed by atoms with Crippen molar-refractivity contribution in [1.82, 2.24) is 4.90 Å². The Morgan fingerprint density at radius 3 is 2.75 bits per heavy atom. The van der Waals surface area contributed by atoms with Crippen LogP contribution >= 0.6 is 0 Å². The topological polar surface area (TPSA) is 67.6 Å². The maximum absolute atomic E-state index is 12.0. The lowest BCUT2D eigenvalue weighted by Crippen LogP contribution is -2.36. The monoisotopic (exact) mass is 277 g/mol. The van der Waals surface area contributed by atoms with Crippen LogP contribution in [0.25, 0.3) is 0 Å². The summed E-state index contributed by atoms with van der Waals surface area (Å²) in [5.74, 6) is 0.960. The molecule has 0 radical (unpaired) electrons. The Morgan fingerprint density at radius 1 is 1.35 bits per heavy atom. The molecule has 1 aromatic carbocycles. The molecule has 0 unspecified atom stereocenters. The van der Waals surface area contributed by atoms with E-state index in [4.69, 9.17) is 10.5 Å². The molecule has 0 atom stereocenters. The number of carbonyl (C=O) groups excluding carboxylic acids is 1. The molecule has 0 aliphatic carbocycles. The fourth-order valence-electron chi connectivity index (χ4n) is 2.43. The zero-order valence-corrected chi connectivity index (χ0v) is 12.0.